The van der Waals surface area contributed by atoms with Gasteiger partial charge in [-0.15, -0.1) is 11.3 Å². The number of nitrogens with one attached hydrogen (secondary N) is 2. The maximum absolute atomic E-state index is 12.2. The van der Waals surface area contributed by atoms with Crippen LogP contribution in [0.3, 0.4) is 0 Å². The molecule has 0 radical (unpaired) electrons. The molecule has 118 valence electrons. The van der Waals surface area contributed by atoms with Crippen LogP contribution in [-0.4, -0.2) is 21.7 Å². The van der Waals surface area contributed by atoms with E-state index in [9.17, 15) is 9.59 Å². The zero-order valence-electron chi connectivity index (χ0n) is 13.5. The highest BCUT2D eigenvalue weighted by molar-refractivity contribution is 7.09. The third-order valence-electron chi connectivity index (χ3n) is 3.34. The summed E-state index contributed by atoms with van der Waals surface area (Å²) in [5.74, 6) is -0.314. The molecule has 6 heteroatoms. The number of carbonyl (C=O) groups is 2. The highest BCUT2D eigenvalue weighted by atomic mass is 32.1. The van der Waals surface area contributed by atoms with E-state index in [1.54, 1.807) is 23.6 Å². The molecule has 2 rings (SSSR count). The zero-order chi connectivity index (χ0) is 16.5. The summed E-state index contributed by atoms with van der Waals surface area (Å²) in [5.41, 5.74) is 1.90. The average Bonchev–Trinajstić information content (AvgIpc) is 3.07. The summed E-state index contributed by atoms with van der Waals surface area (Å²) >= 11 is 1.54. The van der Waals surface area contributed by atoms with Crippen molar-refractivity contribution >= 4 is 23.0 Å². The molecule has 0 fully saturated rings. The summed E-state index contributed by atoms with van der Waals surface area (Å²) in [7, 11) is 0. The molecule has 0 bridgehead atoms. The van der Waals surface area contributed by atoms with Gasteiger partial charge in [-0.05, 0) is 19.9 Å². The first-order chi connectivity index (χ1) is 10.2. The highest BCUT2D eigenvalue weighted by Gasteiger charge is 2.21. The number of H-pyrrole nitrogens is 1. The van der Waals surface area contributed by atoms with Crippen LogP contribution >= 0.6 is 11.3 Å². The second-order valence-corrected chi connectivity index (χ2v) is 7.26. The number of carbonyl (C=O) groups excluding carboxylic acids is 2. The fourth-order valence-corrected chi connectivity index (χ4v) is 2.95. The predicted octanol–water partition coefficient (Wildman–Crippen LogP) is 3.46. The Balaban J connectivity index is 2.07. The number of aromatic amines is 1. The summed E-state index contributed by atoms with van der Waals surface area (Å²) in [4.78, 5) is 30.9. The van der Waals surface area contributed by atoms with E-state index in [1.807, 2.05) is 12.3 Å². The van der Waals surface area contributed by atoms with Crippen LogP contribution in [0.2, 0.25) is 0 Å². The smallest absolute Gasteiger partial charge is 0.268 e. The van der Waals surface area contributed by atoms with Gasteiger partial charge in [0.1, 0.15) is 10.7 Å². The van der Waals surface area contributed by atoms with Crippen LogP contribution in [0.4, 0.5) is 0 Å². The molecule has 0 aliphatic rings. The maximum atomic E-state index is 12.2. The third kappa shape index (κ3) is 3.62. The third-order valence-corrected chi connectivity index (χ3v) is 4.37. The lowest BCUT2D eigenvalue weighted by atomic mass is 9.93. The van der Waals surface area contributed by atoms with E-state index in [0.717, 1.165) is 10.7 Å². The SMILES string of the molecule is CC(=O)c1c[nH]c(C(=O)NC(C)c2nc(C(C)(C)C)cs2)c1. The molecule has 2 heterocycles. The first-order valence-corrected chi connectivity index (χ1v) is 8.02. The van der Waals surface area contributed by atoms with Crippen molar-refractivity contribution in [2.45, 2.75) is 46.1 Å². The number of hydrogen-bond acceptors (Lipinski definition) is 4. The highest BCUT2D eigenvalue weighted by Crippen LogP contribution is 2.26. The molecule has 22 heavy (non-hydrogen) atoms. The Morgan fingerprint density at radius 2 is 2.05 bits per heavy atom. The van der Waals surface area contributed by atoms with E-state index < -0.39 is 0 Å². The van der Waals surface area contributed by atoms with Crippen LogP contribution in [0, 0.1) is 0 Å². The minimum Gasteiger partial charge on any atom is -0.356 e. The molecule has 1 amide bonds. The van der Waals surface area contributed by atoms with Crippen LogP contribution in [0.15, 0.2) is 17.6 Å². The first-order valence-electron chi connectivity index (χ1n) is 7.14. The van der Waals surface area contributed by atoms with Gasteiger partial charge >= 0.3 is 0 Å². The van der Waals surface area contributed by atoms with E-state index in [1.165, 1.54) is 6.92 Å². The van der Waals surface area contributed by atoms with Crippen molar-refractivity contribution in [3.8, 4) is 0 Å². The lowest BCUT2D eigenvalue weighted by molar-refractivity contribution is 0.0935. The number of nitrogens with zero attached hydrogens (tertiary/aromatic N) is 1. The molecular weight excluding hydrogens is 298 g/mol. The van der Waals surface area contributed by atoms with Crippen molar-refractivity contribution in [3.05, 3.63) is 39.6 Å². The molecule has 2 aromatic heterocycles. The molecule has 0 saturated heterocycles. The minimum atomic E-state index is -0.243. The second-order valence-electron chi connectivity index (χ2n) is 6.37. The van der Waals surface area contributed by atoms with Gasteiger partial charge in [-0.25, -0.2) is 4.98 Å². The normalized spacial score (nSPS) is 13.0. The maximum Gasteiger partial charge on any atom is 0.268 e. The van der Waals surface area contributed by atoms with Crippen molar-refractivity contribution in [2.75, 3.05) is 0 Å². The van der Waals surface area contributed by atoms with Crippen LogP contribution in [0.25, 0.3) is 0 Å². The van der Waals surface area contributed by atoms with E-state index in [2.05, 4.69) is 36.1 Å². The number of ketones is 1. The van der Waals surface area contributed by atoms with Gasteiger partial charge in [0.05, 0.1) is 11.7 Å². The molecule has 0 spiro atoms. The van der Waals surface area contributed by atoms with Crippen molar-refractivity contribution in [3.63, 3.8) is 0 Å². The Morgan fingerprint density at radius 3 is 2.55 bits per heavy atom. The fourth-order valence-electron chi connectivity index (χ4n) is 1.90. The van der Waals surface area contributed by atoms with Gasteiger partial charge in [-0.3, -0.25) is 9.59 Å². The predicted molar refractivity (Wildman–Crippen MR) is 87.5 cm³/mol. The summed E-state index contributed by atoms with van der Waals surface area (Å²) in [6.45, 7) is 9.70. The summed E-state index contributed by atoms with van der Waals surface area (Å²) in [6, 6.07) is 1.38. The largest absolute Gasteiger partial charge is 0.356 e. The average molecular weight is 319 g/mol. The molecule has 0 aromatic carbocycles. The number of thiazole rings is 1. The Kier molecular flexibility index (Phi) is 4.51. The van der Waals surface area contributed by atoms with Crippen molar-refractivity contribution < 1.29 is 9.59 Å². The molecule has 5 nitrogen and oxygen atoms in total. The van der Waals surface area contributed by atoms with Crippen LogP contribution < -0.4 is 5.32 Å². The monoisotopic (exact) mass is 319 g/mol. The van der Waals surface area contributed by atoms with Gasteiger partial charge in [0.15, 0.2) is 5.78 Å². The van der Waals surface area contributed by atoms with E-state index >= 15 is 0 Å². The van der Waals surface area contributed by atoms with Gasteiger partial charge in [0, 0.05) is 22.6 Å². The number of aromatic nitrogens is 2. The van der Waals surface area contributed by atoms with E-state index in [0.29, 0.717) is 11.3 Å². The van der Waals surface area contributed by atoms with Gasteiger partial charge < -0.3 is 10.3 Å². The molecule has 2 N–H and O–H groups in total. The van der Waals surface area contributed by atoms with Gasteiger partial charge in [0.2, 0.25) is 0 Å². The second kappa shape index (κ2) is 6.04. The summed E-state index contributed by atoms with van der Waals surface area (Å²) < 4.78 is 0. The Morgan fingerprint density at radius 1 is 1.36 bits per heavy atom. The first kappa shape index (κ1) is 16.4. The number of amides is 1. The molecule has 0 aliphatic carbocycles. The standard InChI is InChI=1S/C16H21N3O2S/c1-9(15-19-13(8-22-15)16(3,4)5)18-14(21)12-6-11(7-17-12)10(2)20/h6-9,17H,1-5H3,(H,18,21). The molecular formula is C16H21N3O2S. The minimum absolute atomic E-state index is 0.00563. The Hall–Kier alpha value is -1.95. The summed E-state index contributed by atoms with van der Waals surface area (Å²) in [6.07, 6.45) is 1.54. The Labute approximate surface area is 134 Å². The fraction of sp³-hybridized carbons (Fsp3) is 0.438. The molecule has 0 saturated carbocycles. The van der Waals surface area contributed by atoms with Gasteiger partial charge in [-0.1, -0.05) is 20.8 Å². The zero-order valence-corrected chi connectivity index (χ0v) is 14.3. The van der Waals surface area contributed by atoms with E-state index in [-0.39, 0.29) is 23.1 Å². The molecule has 2 aromatic rings. The molecule has 0 aliphatic heterocycles. The number of hydrogen-bond donors (Lipinski definition) is 2. The van der Waals surface area contributed by atoms with E-state index in [4.69, 9.17) is 0 Å². The Bertz CT molecular complexity index is 694. The van der Waals surface area contributed by atoms with Crippen LogP contribution in [0.5, 0.6) is 0 Å². The van der Waals surface area contributed by atoms with Crippen LogP contribution in [-0.2, 0) is 5.41 Å². The van der Waals surface area contributed by atoms with Crippen LogP contribution in [0.1, 0.15) is 72.2 Å². The van der Waals surface area contributed by atoms with Gasteiger partial charge in [0.25, 0.3) is 5.91 Å². The topological polar surface area (TPSA) is 74.8 Å². The quantitative estimate of drug-likeness (QED) is 0.847. The van der Waals surface area contributed by atoms with Crippen molar-refractivity contribution in [1.82, 2.24) is 15.3 Å². The number of rotatable bonds is 4. The molecule has 1 atom stereocenters. The van der Waals surface area contributed by atoms with Gasteiger partial charge in [-0.2, -0.15) is 0 Å². The summed E-state index contributed by atoms with van der Waals surface area (Å²) in [5, 5.41) is 5.80. The lowest BCUT2D eigenvalue weighted by Crippen LogP contribution is -2.27. The number of Topliss-reactive ketones (excluding diaryl/α,β-unsaturated/α-hetero) is 1. The lowest BCUT2D eigenvalue weighted by Gasteiger charge is -2.15. The van der Waals surface area contributed by atoms with Crippen molar-refractivity contribution in [2.24, 2.45) is 0 Å². The molecule has 1 unspecified atom stereocenters. The van der Waals surface area contributed by atoms with Crippen molar-refractivity contribution in [1.29, 1.82) is 0 Å².